The van der Waals surface area contributed by atoms with Gasteiger partial charge in [-0.05, 0) is 33.6 Å². The van der Waals surface area contributed by atoms with Crippen molar-refractivity contribution in [3.05, 3.63) is 0 Å². The molecule has 0 saturated carbocycles. The molecule has 1 aliphatic heterocycles. The molecular formula is C11H19NO5. The number of aliphatic carboxylic acids is 1. The van der Waals surface area contributed by atoms with E-state index in [1.165, 1.54) is 0 Å². The molecule has 1 rings (SSSR count). The number of piperidine rings is 1. The van der Waals surface area contributed by atoms with Crippen LogP contribution in [0.1, 0.15) is 33.6 Å². The fourth-order valence-corrected chi connectivity index (χ4v) is 1.73. The third kappa shape index (κ3) is 3.89. The summed E-state index contributed by atoms with van der Waals surface area (Å²) in [5.41, 5.74) is -0.678. The molecule has 1 saturated heterocycles. The molecular weight excluding hydrogens is 226 g/mol. The first-order valence-electron chi connectivity index (χ1n) is 5.61. The van der Waals surface area contributed by atoms with Gasteiger partial charge in [-0.3, -0.25) is 4.90 Å². The standard InChI is InChI=1S/C11H19NO5/c1-11(2,3)17-10(16)12-6-7(13)4-5-8(12)9(14)15/h7-8,13H,4-6H2,1-3H3,(H,14,15). The molecule has 0 bridgehead atoms. The van der Waals surface area contributed by atoms with Crippen LogP contribution >= 0.6 is 0 Å². The maximum absolute atomic E-state index is 11.8. The number of ether oxygens (including phenoxy) is 1. The Morgan fingerprint density at radius 3 is 2.35 bits per heavy atom. The fourth-order valence-electron chi connectivity index (χ4n) is 1.73. The van der Waals surface area contributed by atoms with Crippen LogP contribution in [0, 0.1) is 0 Å². The predicted octanol–water partition coefficient (Wildman–Crippen LogP) is 0.831. The molecule has 0 aromatic rings. The maximum Gasteiger partial charge on any atom is 0.411 e. The van der Waals surface area contributed by atoms with Crippen LogP contribution in [0.2, 0.25) is 0 Å². The first kappa shape index (κ1) is 13.8. The molecule has 1 fully saturated rings. The fraction of sp³-hybridized carbons (Fsp3) is 0.818. The number of amides is 1. The number of carboxylic acid groups (broad SMARTS) is 1. The smallest absolute Gasteiger partial charge is 0.411 e. The van der Waals surface area contributed by atoms with Crippen molar-refractivity contribution in [1.29, 1.82) is 0 Å². The Morgan fingerprint density at radius 1 is 1.29 bits per heavy atom. The lowest BCUT2D eigenvalue weighted by molar-refractivity contribution is -0.145. The van der Waals surface area contributed by atoms with E-state index in [9.17, 15) is 14.7 Å². The van der Waals surface area contributed by atoms with Crippen molar-refractivity contribution < 1.29 is 24.5 Å². The monoisotopic (exact) mass is 245 g/mol. The molecule has 2 N–H and O–H groups in total. The molecule has 6 heteroatoms. The highest BCUT2D eigenvalue weighted by Gasteiger charge is 2.37. The number of likely N-dealkylation sites (tertiary alicyclic amines) is 1. The van der Waals surface area contributed by atoms with Gasteiger partial charge in [0.05, 0.1) is 12.6 Å². The van der Waals surface area contributed by atoms with E-state index < -0.39 is 29.8 Å². The molecule has 0 radical (unpaired) electrons. The van der Waals surface area contributed by atoms with Gasteiger partial charge < -0.3 is 14.9 Å². The summed E-state index contributed by atoms with van der Waals surface area (Å²) >= 11 is 0. The highest BCUT2D eigenvalue weighted by atomic mass is 16.6. The number of aliphatic hydroxyl groups is 1. The second-order valence-electron chi connectivity index (χ2n) is 5.22. The summed E-state index contributed by atoms with van der Waals surface area (Å²) in [4.78, 5) is 23.9. The first-order valence-corrected chi connectivity index (χ1v) is 5.61. The summed E-state index contributed by atoms with van der Waals surface area (Å²) in [5, 5.41) is 18.5. The van der Waals surface area contributed by atoms with Gasteiger partial charge in [0.15, 0.2) is 0 Å². The molecule has 17 heavy (non-hydrogen) atoms. The van der Waals surface area contributed by atoms with Crippen LogP contribution in [0.4, 0.5) is 4.79 Å². The maximum atomic E-state index is 11.8. The molecule has 1 heterocycles. The van der Waals surface area contributed by atoms with Gasteiger partial charge in [-0.2, -0.15) is 0 Å². The lowest BCUT2D eigenvalue weighted by Crippen LogP contribution is -2.53. The average molecular weight is 245 g/mol. The lowest BCUT2D eigenvalue weighted by atomic mass is 10.0. The SMILES string of the molecule is CC(C)(C)OC(=O)N1CC(O)CCC1C(=O)O. The molecule has 2 atom stereocenters. The van der Waals surface area contributed by atoms with Crippen LogP contribution in [0.3, 0.4) is 0 Å². The van der Waals surface area contributed by atoms with Gasteiger partial charge in [0, 0.05) is 0 Å². The van der Waals surface area contributed by atoms with Crippen LogP contribution in [-0.2, 0) is 9.53 Å². The number of β-amino-alcohol motifs (C(OH)–C–C–N with tert-alkyl or cyclic N) is 1. The van der Waals surface area contributed by atoms with Crippen LogP contribution in [-0.4, -0.2) is 51.5 Å². The van der Waals surface area contributed by atoms with Crippen LogP contribution < -0.4 is 0 Å². The topological polar surface area (TPSA) is 87.1 Å². The minimum Gasteiger partial charge on any atom is -0.480 e. The Hall–Kier alpha value is -1.30. The van der Waals surface area contributed by atoms with Crippen LogP contribution in [0.5, 0.6) is 0 Å². The van der Waals surface area contributed by atoms with E-state index in [1.54, 1.807) is 20.8 Å². The minimum atomic E-state index is -1.07. The van der Waals surface area contributed by atoms with E-state index >= 15 is 0 Å². The second-order valence-corrected chi connectivity index (χ2v) is 5.22. The quantitative estimate of drug-likeness (QED) is 0.714. The number of carboxylic acids is 1. The number of hydrogen-bond donors (Lipinski definition) is 2. The van der Waals surface area contributed by atoms with Gasteiger partial charge in [-0.1, -0.05) is 0 Å². The molecule has 98 valence electrons. The lowest BCUT2D eigenvalue weighted by Gasteiger charge is -2.36. The zero-order valence-electron chi connectivity index (χ0n) is 10.3. The van der Waals surface area contributed by atoms with Gasteiger partial charge in [-0.25, -0.2) is 9.59 Å². The summed E-state index contributed by atoms with van der Waals surface area (Å²) in [6, 6.07) is -0.909. The highest BCUT2D eigenvalue weighted by Crippen LogP contribution is 2.20. The largest absolute Gasteiger partial charge is 0.480 e. The molecule has 0 aromatic heterocycles. The Labute approximate surface area is 100 Å². The van der Waals surface area contributed by atoms with Crippen molar-refractivity contribution in [3.63, 3.8) is 0 Å². The van der Waals surface area contributed by atoms with E-state index in [-0.39, 0.29) is 13.0 Å². The van der Waals surface area contributed by atoms with Gasteiger partial charge in [0.1, 0.15) is 11.6 Å². The molecule has 0 spiro atoms. The Morgan fingerprint density at radius 2 is 1.88 bits per heavy atom. The summed E-state index contributed by atoms with van der Waals surface area (Å²) in [7, 11) is 0. The van der Waals surface area contributed by atoms with Crippen LogP contribution in [0.15, 0.2) is 0 Å². The molecule has 6 nitrogen and oxygen atoms in total. The molecule has 1 amide bonds. The van der Waals surface area contributed by atoms with Crippen molar-refractivity contribution in [3.8, 4) is 0 Å². The summed E-state index contributed by atoms with van der Waals surface area (Å²) < 4.78 is 5.12. The second kappa shape index (κ2) is 4.91. The summed E-state index contributed by atoms with van der Waals surface area (Å²) in [6.45, 7) is 5.13. The highest BCUT2D eigenvalue weighted by molar-refractivity contribution is 5.80. The van der Waals surface area contributed by atoms with E-state index in [0.717, 1.165) is 4.90 Å². The van der Waals surface area contributed by atoms with Crippen LogP contribution in [0.25, 0.3) is 0 Å². The molecule has 0 aliphatic carbocycles. The predicted molar refractivity (Wildman–Crippen MR) is 59.6 cm³/mol. The Kier molecular flexibility index (Phi) is 3.98. The zero-order chi connectivity index (χ0) is 13.2. The van der Waals surface area contributed by atoms with Crippen molar-refractivity contribution in [2.45, 2.75) is 51.4 Å². The molecule has 0 aromatic carbocycles. The summed E-state index contributed by atoms with van der Waals surface area (Å²) in [6.07, 6.45) is -0.742. The Balaban J connectivity index is 2.75. The molecule has 1 aliphatic rings. The Bertz CT molecular complexity index is 309. The van der Waals surface area contributed by atoms with Crippen molar-refractivity contribution in [1.82, 2.24) is 4.90 Å². The number of aliphatic hydroxyl groups excluding tert-OH is 1. The number of carbonyl (C=O) groups excluding carboxylic acids is 1. The number of hydrogen-bond acceptors (Lipinski definition) is 4. The molecule has 2 unspecified atom stereocenters. The zero-order valence-corrected chi connectivity index (χ0v) is 10.3. The van der Waals surface area contributed by atoms with Crippen molar-refractivity contribution >= 4 is 12.1 Å². The van der Waals surface area contributed by atoms with E-state index in [1.807, 2.05) is 0 Å². The third-order valence-corrected chi connectivity index (χ3v) is 2.47. The number of carbonyl (C=O) groups is 2. The normalized spacial score (nSPS) is 25.5. The van der Waals surface area contributed by atoms with E-state index in [2.05, 4.69) is 0 Å². The first-order chi connectivity index (χ1) is 7.70. The van der Waals surface area contributed by atoms with Gasteiger partial charge in [0.2, 0.25) is 0 Å². The van der Waals surface area contributed by atoms with Crippen molar-refractivity contribution in [2.24, 2.45) is 0 Å². The summed E-state index contributed by atoms with van der Waals surface area (Å²) in [5.74, 6) is -1.07. The van der Waals surface area contributed by atoms with Gasteiger partial charge in [-0.15, -0.1) is 0 Å². The number of nitrogens with zero attached hydrogens (tertiary/aromatic N) is 1. The minimum absolute atomic E-state index is 0.00583. The van der Waals surface area contributed by atoms with E-state index in [0.29, 0.717) is 6.42 Å². The van der Waals surface area contributed by atoms with E-state index in [4.69, 9.17) is 9.84 Å². The third-order valence-electron chi connectivity index (χ3n) is 2.47. The van der Waals surface area contributed by atoms with Gasteiger partial charge >= 0.3 is 12.1 Å². The number of rotatable bonds is 1. The van der Waals surface area contributed by atoms with Gasteiger partial charge in [0.25, 0.3) is 0 Å². The van der Waals surface area contributed by atoms with Crippen molar-refractivity contribution in [2.75, 3.05) is 6.54 Å². The average Bonchev–Trinajstić information content (AvgIpc) is 2.14.